The van der Waals surface area contributed by atoms with Crippen molar-refractivity contribution in [2.45, 2.75) is 65.4 Å². The normalized spacial score (nSPS) is 36.5. The van der Waals surface area contributed by atoms with Crippen molar-refractivity contribution in [3.05, 3.63) is 35.8 Å². The van der Waals surface area contributed by atoms with E-state index in [-0.39, 0.29) is 17.1 Å². The number of carbonyl (C=O) groups excluding carboxylic acids is 1. The molecule has 1 saturated carbocycles. The van der Waals surface area contributed by atoms with Crippen LogP contribution in [0.3, 0.4) is 0 Å². The van der Waals surface area contributed by atoms with Crippen LogP contribution >= 0.6 is 0 Å². The minimum absolute atomic E-state index is 0.0646. The zero-order valence-corrected chi connectivity index (χ0v) is 14.7. The lowest BCUT2D eigenvalue weighted by molar-refractivity contribution is -0.163. The maximum absolute atomic E-state index is 12.8. The lowest BCUT2D eigenvalue weighted by Gasteiger charge is -2.59. The van der Waals surface area contributed by atoms with Gasteiger partial charge >= 0.3 is 0 Å². The topological polar surface area (TPSA) is 50.4 Å². The Labute approximate surface area is 138 Å². The van der Waals surface area contributed by atoms with Gasteiger partial charge in [0.15, 0.2) is 5.78 Å². The molecule has 0 spiro atoms. The SMILES string of the molecule is CC1=CC(=O)C2C(C)(C)CCC[C@]2(C)[C@@]1(O)CCc1ccoc1. The molecular formula is C20H28O3. The Bertz CT molecular complexity index is 625. The first-order valence-electron chi connectivity index (χ1n) is 8.67. The maximum Gasteiger partial charge on any atom is 0.160 e. The molecule has 0 bridgehead atoms. The number of aliphatic hydroxyl groups is 1. The van der Waals surface area contributed by atoms with Crippen molar-refractivity contribution < 1.29 is 14.3 Å². The second-order valence-electron chi connectivity index (χ2n) is 8.41. The zero-order valence-electron chi connectivity index (χ0n) is 14.7. The fourth-order valence-corrected chi connectivity index (χ4v) is 5.32. The van der Waals surface area contributed by atoms with E-state index in [9.17, 15) is 9.90 Å². The highest BCUT2D eigenvalue weighted by Crippen LogP contribution is 2.61. The number of hydrogen-bond acceptors (Lipinski definition) is 3. The summed E-state index contributed by atoms with van der Waals surface area (Å²) < 4.78 is 5.15. The molecular weight excluding hydrogens is 288 g/mol. The monoisotopic (exact) mass is 316 g/mol. The van der Waals surface area contributed by atoms with Gasteiger partial charge in [-0.2, -0.15) is 0 Å². The van der Waals surface area contributed by atoms with Crippen molar-refractivity contribution in [1.82, 2.24) is 0 Å². The first-order valence-corrected chi connectivity index (χ1v) is 8.67. The standard InChI is InChI=1S/C20H28O3/c1-14-12-16(21)17-18(2,3)8-5-9-19(17,4)20(14,22)10-6-15-7-11-23-13-15/h7,11-13,17,22H,5-6,8-10H2,1-4H3/t17?,19-,20+/m0/s1. The van der Waals surface area contributed by atoms with Gasteiger partial charge in [0.2, 0.25) is 0 Å². The van der Waals surface area contributed by atoms with Crippen LogP contribution in [0.5, 0.6) is 0 Å². The van der Waals surface area contributed by atoms with Crippen molar-refractivity contribution >= 4 is 5.78 Å². The summed E-state index contributed by atoms with van der Waals surface area (Å²) in [6.45, 7) is 8.40. The average molecular weight is 316 g/mol. The van der Waals surface area contributed by atoms with Crippen LogP contribution in [-0.2, 0) is 11.2 Å². The highest BCUT2D eigenvalue weighted by Gasteiger charge is 2.61. The number of fused-ring (bicyclic) bond motifs is 1. The van der Waals surface area contributed by atoms with Crippen molar-refractivity contribution in [2.75, 3.05) is 0 Å². The largest absolute Gasteiger partial charge is 0.472 e. The first-order chi connectivity index (χ1) is 10.7. The molecule has 1 unspecified atom stereocenters. The molecule has 2 aliphatic carbocycles. The van der Waals surface area contributed by atoms with Gasteiger partial charge in [-0.25, -0.2) is 0 Å². The maximum atomic E-state index is 12.8. The highest BCUT2D eigenvalue weighted by molar-refractivity contribution is 5.95. The van der Waals surface area contributed by atoms with Crippen LogP contribution in [0.25, 0.3) is 0 Å². The second-order valence-corrected chi connectivity index (χ2v) is 8.41. The Morgan fingerprint density at radius 2 is 2.04 bits per heavy atom. The smallest absolute Gasteiger partial charge is 0.160 e. The van der Waals surface area contributed by atoms with Gasteiger partial charge in [0.25, 0.3) is 0 Å². The fourth-order valence-electron chi connectivity index (χ4n) is 5.32. The summed E-state index contributed by atoms with van der Waals surface area (Å²) in [5.74, 6) is 0.0875. The van der Waals surface area contributed by atoms with Crippen LogP contribution in [0.15, 0.2) is 34.7 Å². The van der Waals surface area contributed by atoms with Crippen LogP contribution in [-0.4, -0.2) is 16.5 Å². The summed E-state index contributed by atoms with van der Waals surface area (Å²) in [5, 5.41) is 11.7. The van der Waals surface area contributed by atoms with Crippen LogP contribution < -0.4 is 0 Å². The summed E-state index contributed by atoms with van der Waals surface area (Å²) in [4.78, 5) is 12.8. The van der Waals surface area contributed by atoms with E-state index >= 15 is 0 Å². The fraction of sp³-hybridized carbons (Fsp3) is 0.650. The quantitative estimate of drug-likeness (QED) is 0.904. The number of carbonyl (C=O) groups is 1. The molecule has 0 amide bonds. The van der Waals surface area contributed by atoms with E-state index in [4.69, 9.17) is 4.42 Å². The van der Waals surface area contributed by atoms with E-state index in [1.54, 1.807) is 18.6 Å². The van der Waals surface area contributed by atoms with E-state index in [0.29, 0.717) is 6.42 Å². The van der Waals surface area contributed by atoms with Crippen LogP contribution in [0.1, 0.15) is 58.9 Å². The molecule has 0 aliphatic heterocycles. The van der Waals surface area contributed by atoms with Gasteiger partial charge in [-0.15, -0.1) is 0 Å². The van der Waals surface area contributed by atoms with Crippen LogP contribution in [0, 0.1) is 16.7 Å². The average Bonchev–Trinajstić information content (AvgIpc) is 2.95. The van der Waals surface area contributed by atoms with Crippen molar-refractivity contribution in [2.24, 2.45) is 16.7 Å². The lowest BCUT2D eigenvalue weighted by Crippen LogP contribution is -2.61. The molecule has 1 fully saturated rings. The third-order valence-electron chi connectivity index (χ3n) is 6.53. The van der Waals surface area contributed by atoms with E-state index in [1.165, 1.54) is 0 Å². The molecule has 3 nitrogen and oxygen atoms in total. The van der Waals surface area contributed by atoms with Gasteiger partial charge in [-0.3, -0.25) is 4.79 Å². The number of furan rings is 1. The Morgan fingerprint density at radius 1 is 1.30 bits per heavy atom. The van der Waals surface area contributed by atoms with Crippen molar-refractivity contribution in [3.63, 3.8) is 0 Å². The first kappa shape index (κ1) is 16.5. The molecule has 1 heterocycles. The molecule has 2 aliphatic rings. The van der Waals surface area contributed by atoms with Gasteiger partial charge in [-0.05, 0) is 61.3 Å². The Morgan fingerprint density at radius 3 is 2.70 bits per heavy atom. The van der Waals surface area contributed by atoms with Crippen molar-refractivity contribution in [1.29, 1.82) is 0 Å². The van der Waals surface area contributed by atoms with Crippen LogP contribution in [0.2, 0.25) is 0 Å². The molecule has 1 aromatic heterocycles. The summed E-state index contributed by atoms with van der Waals surface area (Å²) in [6.07, 6.45) is 9.51. The third kappa shape index (κ3) is 2.40. The predicted molar refractivity (Wildman–Crippen MR) is 90.0 cm³/mol. The summed E-state index contributed by atoms with van der Waals surface area (Å²) in [6, 6.07) is 1.95. The number of allylic oxidation sites excluding steroid dienone is 1. The molecule has 0 radical (unpaired) electrons. The minimum Gasteiger partial charge on any atom is -0.472 e. The zero-order chi connectivity index (χ0) is 16.9. The number of ketones is 1. The Kier molecular flexibility index (Phi) is 3.83. The second kappa shape index (κ2) is 5.34. The summed E-state index contributed by atoms with van der Waals surface area (Å²) in [5.41, 5.74) is 0.528. The predicted octanol–water partition coefficient (Wildman–Crippen LogP) is 4.30. The number of rotatable bonds is 3. The van der Waals surface area contributed by atoms with Gasteiger partial charge in [0.1, 0.15) is 0 Å². The Hall–Kier alpha value is -1.35. The van der Waals surface area contributed by atoms with E-state index in [2.05, 4.69) is 20.8 Å². The highest BCUT2D eigenvalue weighted by atomic mass is 16.3. The van der Waals surface area contributed by atoms with Gasteiger partial charge < -0.3 is 9.52 Å². The molecule has 1 N–H and O–H groups in total. The molecule has 126 valence electrons. The molecule has 0 saturated heterocycles. The van der Waals surface area contributed by atoms with E-state index < -0.39 is 11.0 Å². The van der Waals surface area contributed by atoms with Crippen LogP contribution in [0.4, 0.5) is 0 Å². The van der Waals surface area contributed by atoms with Gasteiger partial charge in [0.05, 0.1) is 18.1 Å². The molecule has 1 aromatic rings. The molecule has 23 heavy (non-hydrogen) atoms. The Balaban J connectivity index is 2.00. The lowest BCUT2D eigenvalue weighted by atomic mass is 9.46. The molecule has 3 heteroatoms. The van der Waals surface area contributed by atoms with Gasteiger partial charge in [0, 0.05) is 11.3 Å². The minimum atomic E-state index is -0.930. The third-order valence-corrected chi connectivity index (χ3v) is 6.53. The van der Waals surface area contributed by atoms with Gasteiger partial charge in [-0.1, -0.05) is 27.2 Å². The number of hydrogen-bond donors (Lipinski definition) is 1. The van der Waals surface area contributed by atoms with E-state index in [1.807, 2.05) is 13.0 Å². The van der Waals surface area contributed by atoms with Crippen molar-refractivity contribution in [3.8, 4) is 0 Å². The van der Waals surface area contributed by atoms with E-state index in [0.717, 1.165) is 36.8 Å². The molecule has 3 atom stereocenters. The summed E-state index contributed by atoms with van der Waals surface area (Å²) >= 11 is 0. The molecule has 0 aromatic carbocycles. The number of aryl methyl sites for hydroxylation is 1. The summed E-state index contributed by atoms with van der Waals surface area (Å²) in [7, 11) is 0. The molecule has 3 rings (SSSR count).